The van der Waals surface area contributed by atoms with E-state index in [-0.39, 0.29) is 36.6 Å². The number of nitrogens with zero attached hydrogens (tertiary/aromatic N) is 3. The Kier molecular flexibility index (Phi) is 10.4. The smallest absolute Gasteiger partial charge is 0.236 e. The van der Waals surface area contributed by atoms with E-state index in [1.807, 2.05) is 9.80 Å². The van der Waals surface area contributed by atoms with E-state index in [0.717, 1.165) is 64.8 Å². The molecule has 3 rings (SSSR count). The Labute approximate surface area is 176 Å². The van der Waals surface area contributed by atoms with Crippen molar-refractivity contribution in [1.82, 2.24) is 14.7 Å². The van der Waals surface area contributed by atoms with Gasteiger partial charge in [-0.25, -0.2) is 0 Å². The number of amides is 2. The van der Waals surface area contributed by atoms with Gasteiger partial charge in [0.05, 0.1) is 6.54 Å². The van der Waals surface area contributed by atoms with Gasteiger partial charge in [0.2, 0.25) is 11.8 Å². The highest BCUT2D eigenvalue weighted by Crippen LogP contribution is 2.32. The number of carbonyl (C=O) groups is 2. The first kappa shape index (κ1) is 24.5. The highest BCUT2D eigenvalue weighted by atomic mass is 35.5. The SMILES string of the molecule is CC1CCCCN1C(=O)CN1CCN(C(=O)[C@@H]2CCC[C@@H]2CN)CC1.Cl.Cl. The van der Waals surface area contributed by atoms with Crippen molar-refractivity contribution in [1.29, 1.82) is 0 Å². The molecular formula is C19H36Cl2N4O2. The zero-order chi connectivity index (χ0) is 17.8. The standard InChI is InChI=1S/C19H34N4O2.2ClH/c1-15-5-2-3-8-23(15)18(24)14-21-9-11-22(12-10-21)19(25)17-7-4-6-16(17)13-20;;/h15-17H,2-14,20H2,1H3;2*1H/t15?,16-,17-;;/m1../s1. The van der Waals surface area contributed by atoms with E-state index in [1.165, 1.54) is 6.42 Å². The molecule has 2 heterocycles. The molecule has 6 nitrogen and oxygen atoms in total. The molecular weight excluding hydrogens is 387 g/mol. The second-order valence-corrected chi connectivity index (χ2v) is 8.07. The van der Waals surface area contributed by atoms with Crippen LogP contribution in [-0.4, -0.2) is 78.4 Å². The van der Waals surface area contributed by atoms with Crippen LogP contribution < -0.4 is 5.73 Å². The van der Waals surface area contributed by atoms with Crippen LogP contribution >= 0.6 is 24.8 Å². The van der Waals surface area contributed by atoms with Gasteiger partial charge in [-0.2, -0.15) is 0 Å². The van der Waals surface area contributed by atoms with Crippen molar-refractivity contribution in [3.05, 3.63) is 0 Å². The summed E-state index contributed by atoms with van der Waals surface area (Å²) in [4.78, 5) is 31.6. The van der Waals surface area contributed by atoms with Crippen LogP contribution in [0.2, 0.25) is 0 Å². The van der Waals surface area contributed by atoms with Gasteiger partial charge >= 0.3 is 0 Å². The van der Waals surface area contributed by atoms with E-state index >= 15 is 0 Å². The summed E-state index contributed by atoms with van der Waals surface area (Å²) in [6.45, 7) is 7.29. The van der Waals surface area contributed by atoms with Crippen LogP contribution in [0.4, 0.5) is 0 Å². The number of piperidine rings is 1. The molecule has 2 aliphatic heterocycles. The molecule has 158 valence electrons. The highest BCUT2D eigenvalue weighted by Gasteiger charge is 2.36. The minimum atomic E-state index is 0. The average Bonchev–Trinajstić information content (AvgIpc) is 3.11. The fraction of sp³-hybridized carbons (Fsp3) is 0.895. The van der Waals surface area contributed by atoms with Crippen LogP contribution in [0.3, 0.4) is 0 Å². The monoisotopic (exact) mass is 422 g/mol. The van der Waals surface area contributed by atoms with Crippen molar-refractivity contribution < 1.29 is 9.59 Å². The Balaban J connectivity index is 0.00000182. The van der Waals surface area contributed by atoms with Gasteiger partial charge in [0.25, 0.3) is 0 Å². The van der Waals surface area contributed by atoms with Crippen LogP contribution in [0.5, 0.6) is 0 Å². The Hall–Kier alpha value is -0.560. The van der Waals surface area contributed by atoms with Crippen LogP contribution in [0.15, 0.2) is 0 Å². The van der Waals surface area contributed by atoms with E-state index in [4.69, 9.17) is 5.73 Å². The third-order valence-corrected chi connectivity index (χ3v) is 6.45. The predicted octanol–water partition coefficient (Wildman–Crippen LogP) is 1.75. The first-order valence-corrected chi connectivity index (χ1v) is 10.1. The van der Waals surface area contributed by atoms with Gasteiger partial charge in [-0.15, -0.1) is 24.8 Å². The average molecular weight is 423 g/mol. The fourth-order valence-corrected chi connectivity index (χ4v) is 4.76. The molecule has 3 fully saturated rings. The predicted molar refractivity (Wildman–Crippen MR) is 112 cm³/mol. The zero-order valence-corrected chi connectivity index (χ0v) is 18.1. The van der Waals surface area contributed by atoms with Crippen molar-refractivity contribution in [2.45, 2.75) is 51.5 Å². The van der Waals surface area contributed by atoms with Crippen LogP contribution in [0.25, 0.3) is 0 Å². The minimum absolute atomic E-state index is 0. The molecule has 2 N–H and O–H groups in total. The topological polar surface area (TPSA) is 69.9 Å². The number of piperazine rings is 1. The molecule has 27 heavy (non-hydrogen) atoms. The summed E-state index contributed by atoms with van der Waals surface area (Å²) in [5.41, 5.74) is 5.83. The molecule has 0 aromatic heterocycles. The first-order valence-electron chi connectivity index (χ1n) is 10.1. The summed E-state index contributed by atoms with van der Waals surface area (Å²) < 4.78 is 0. The van der Waals surface area contributed by atoms with E-state index in [2.05, 4.69) is 11.8 Å². The molecule has 1 aliphatic carbocycles. The van der Waals surface area contributed by atoms with Gasteiger partial charge in [0.1, 0.15) is 0 Å². The molecule has 3 atom stereocenters. The second-order valence-electron chi connectivity index (χ2n) is 8.07. The van der Waals surface area contributed by atoms with E-state index < -0.39 is 0 Å². The molecule has 0 bridgehead atoms. The lowest BCUT2D eigenvalue weighted by Gasteiger charge is -2.39. The zero-order valence-electron chi connectivity index (χ0n) is 16.5. The van der Waals surface area contributed by atoms with Crippen LogP contribution in [-0.2, 0) is 9.59 Å². The highest BCUT2D eigenvalue weighted by molar-refractivity contribution is 5.85. The summed E-state index contributed by atoms with van der Waals surface area (Å²) >= 11 is 0. The fourth-order valence-electron chi connectivity index (χ4n) is 4.76. The number of halogens is 2. The number of hydrogen-bond acceptors (Lipinski definition) is 4. The lowest BCUT2D eigenvalue weighted by molar-refractivity contribution is -0.139. The molecule has 1 saturated carbocycles. The van der Waals surface area contributed by atoms with Crippen molar-refractivity contribution >= 4 is 36.6 Å². The molecule has 0 radical (unpaired) electrons. The molecule has 3 aliphatic rings. The van der Waals surface area contributed by atoms with Crippen LogP contribution in [0, 0.1) is 11.8 Å². The van der Waals surface area contributed by atoms with E-state index in [1.54, 1.807) is 0 Å². The largest absolute Gasteiger partial charge is 0.340 e. The maximum Gasteiger partial charge on any atom is 0.236 e. The molecule has 0 spiro atoms. The summed E-state index contributed by atoms with van der Waals surface area (Å²) in [6.07, 6.45) is 6.69. The number of nitrogens with two attached hydrogens (primary N) is 1. The van der Waals surface area contributed by atoms with Crippen molar-refractivity contribution in [3.8, 4) is 0 Å². The molecule has 2 amide bonds. The normalized spacial score (nSPS) is 29.0. The van der Waals surface area contributed by atoms with E-state index in [0.29, 0.717) is 31.0 Å². The van der Waals surface area contributed by atoms with Gasteiger partial charge in [0.15, 0.2) is 0 Å². The summed E-state index contributed by atoms with van der Waals surface area (Å²) in [6, 6.07) is 0.375. The van der Waals surface area contributed by atoms with Gasteiger partial charge in [-0.1, -0.05) is 6.42 Å². The Morgan fingerprint density at radius 1 is 0.926 bits per heavy atom. The van der Waals surface area contributed by atoms with Crippen LogP contribution in [0.1, 0.15) is 45.4 Å². The van der Waals surface area contributed by atoms with Gasteiger partial charge in [0, 0.05) is 44.7 Å². The number of likely N-dealkylation sites (tertiary alicyclic amines) is 1. The van der Waals surface area contributed by atoms with Gasteiger partial charge in [-0.3, -0.25) is 14.5 Å². The van der Waals surface area contributed by atoms with Crippen molar-refractivity contribution in [2.75, 3.05) is 45.8 Å². The Morgan fingerprint density at radius 3 is 2.26 bits per heavy atom. The molecule has 2 saturated heterocycles. The molecule has 0 aromatic rings. The maximum absolute atomic E-state index is 12.8. The summed E-state index contributed by atoms with van der Waals surface area (Å²) in [5.74, 6) is 1.05. The van der Waals surface area contributed by atoms with Crippen molar-refractivity contribution in [3.63, 3.8) is 0 Å². The Morgan fingerprint density at radius 2 is 1.63 bits per heavy atom. The van der Waals surface area contributed by atoms with E-state index in [9.17, 15) is 9.59 Å². The summed E-state index contributed by atoms with van der Waals surface area (Å²) in [7, 11) is 0. The van der Waals surface area contributed by atoms with Crippen molar-refractivity contribution in [2.24, 2.45) is 17.6 Å². The number of hydrogen-bond donors (Lipinski definition) is 1. The lowest BCUT2D eigenvalue weighted by Crippen LogP contribution is -2.54. The lowest BCUT2D eigenvalue weighted by atomic mass is 9.94. The maximum atomic E-state index is 12.8. The minimum Gasteiger partial charge on any atom is -0.340 e. The van der Waals surface area contributed by atoms with Gasteiger partial charge < -0.3 is 15.5 Å². The Bertz CT molecular complexity index is 486. The molecule has 8 heteroatoms. The molecule has 0 aromatic carbocycles. The third-order valence-electron chi connectivity index (χ3n) is 6.45. The molecule has 1 unspecified atom stereocenters. The van der Waals surface area contributed by atoms with Gasteiger partial charge in [-0.05, 0) is 51.5 Å². The summed E-state index contributed by atoms with van der Waals surface area (Å²) in [5, 5.41) is 0. The second kappa shape index (κ2) is 11.4. The quantitative estimate of drug-likeness (QED) is 0.748. The number of rotatable bonds is 4. The first-order chi connectivity index (χ1) is 12.1. The number of carbonyl (C=O) groups excluding carboxylic acids is 2. The third kappa shape index (κ3) is 5.96.